The predicted molar refractivity (Wildman–Crippen MR) is 89.9 cm³/mol. The molecule has 1 N–H and O–H groups in total. The average molecular weight is 313 g/mol. The van der Waals surface area contributed by atoms with Crippen LogP contribution in [0.15, 0.2) is 36.0 Å². The first kappa shape index (κ1) is 16.9. The van der Waals surface area contributed by atoms with Gasteiger partial charge in [0.05, 0.1) is 7.11 Å². The molecule has 0 saturated carbocycles. The summed E-state index contributed by atoms with van der Waals surface area (Å²) in [4.78, 5) is 14.4. The summed E-state index contributed by atoms with van der Waals surface area (Å²) in [6, 6.07) is 9.73. The maximum Gasteiger partial charge on any atom is 0.267 e. The molecule has 0 aliphatic carbocycles. The van der Waals surface area contributed by atoms with Gasteiger partial charge in [-0.1, -0.05) is 0 Å². The van der Waals surface area contributed by atoms with E-state index in [1.54, 1.807) is 37.6 Å². The van der Waals surface area contributed by atoms with E-state index in [9.17, 15) is 10.1 Å². The van der Waals surface area contributed by atoms with Crippen LogP contribution >= 0.6 is 0 Å². The van der Waals surface area contributed by atoms with Crippen molar-refractivity contribution in [1.82, 2.24) is 4.90 Å². The summed E-state index contributed by atoms with van der Waals surface area (Å²) in [5.74, 6) is 0.331. The van der Waals surface area contributed by atoms with Crippen LogP contribution in [0.1, 0.15) is 33.1 Å². The monoisotopic (exact) mass is 313 g/mol. The molecule has 1 aliphatic heterocycles. The molecule has 1 saturated heterocycles. The van der Waals surface area contributed by atoms with Crippen LogP contribution in [0.2, 0.25) is 0 Å². The van der Waals surface area contributed by atoms with E-state index in [4.69, 9.17) is 4.74 Å². The zero-order valence-corrected chi connectivity index (χ0v) is 13.9. The maximum absolute atomic E-state index is 12.3. The van der Waals surface area contributed by atoms with Gasteiger partial charge < -0.3 is 15.0 Å². The lowest BCUT2D eigenvalue weighted by molar-refractivity contribution is -0.112. The molecule has 2 unspecified atom stereocenters. The van der Waals surface area contributed by atoms with Gasteiger partial charge in [-0.05, 0) is 57.4 Å². The Morgan fingerprint density at radius 2 is 1.91 bits per heavy atom. The average Bonchev–Trinajstić information content (AvgIpc) is 2.55. The molecule has 2 rings (SSSR count). The summed E-state index contributed by atoms with van der Waals surface area (Å²) in [5, 5.41) is 12.1. The molecule has 122 valence electrons. The first-order chi connectivity index (χ1) is 11.0. The molecular weight excluding hydrogens is 290 g/mol. The van der Waals surface area contributed by atoms with E-state index < -0.39 is 0 Å². The number of carbonyl (C=O) groups excluding carboxylic acids is 1. The lowest BCUT2D eigenvalue weighted by Gasteiger charge is -2.38. The molecule has 0 spiro atoms. The molecule has 5 heteroatoms. The lowest BCUT2D eigenvalue weighted by atomic mass is 9.98. The molecule has 0 radical (unpaired) electrons. The van der Waals surface area contributed by atoms with Gasteiger partial charge in [0, 0.05) is 24.0 Å². The number of hydrogen-bond acceptors (Lipinski definition) is 4. The van der Waals surface area contributed by atoms with E-state index in [1.165, 1.54) is 6.42 Å². The molecule has 1 heterocycles. The zero-order valence-electron chi connectivity index (χ0n) is 13.9. The Balaban J connectivity index is 2.11. The van der Waals surface area contributed by atoms with Crippen molar-refractivity contribution in [2.45, 2.75) is 45.2 Å². The fraction of sp³-hybridized carbons (Fsp3) is 0.444. The van der Waals surface area contributed by atoms with E-state index in [0.717, 1.165) is 18.6 Å². The zero-order chi connectivity index (χ0) is 16.8. The van der Waals surface area contributed by atoms with Gasteiger partial charge in [0.25, 0.3) is 5.91 Å². The summed E-state index contributed by atoms with van der Waals surface area (Å²) in [6.07, 6.45) is 5.05. The van der Waals surface area contributed by atoms with Crippen LogP contribution < -0.4 is 10.1 Å². The summed E-state index contributed by atoms with van der Waals surface area (Å²) >= 11 is 0. The van der Waals surface area contributed by atoms with E-state index in [0.29, 0.717) is 17.8 Å². The van der Waals surface area contributed by atoms with Crippen molar-refractivity contribution in [1.29, 1.82) is 5.26 Å². The van der Waals surface area contributed by atoms with Gasteiger partial charge >= 0.3 is 0 Å². The molecule has 2 atom stereocenters. The van der Waals surface area contributed by atoms with Crippen molar-refractivity contribution in [2.75, 3.05) is 12.4 Å². The fourth-order valence-electron chi connectivity index (χ4n) is 2.86. The number of nitrogens with one attached hydrogen (secondary N) is 1. The molecule has 23 heavy (non-hydrogen) atoms. The highest BCUT2D eigenvalue weighted by atomic mass is 16.5. The van der Waals surface area contributed by atoms with Crippen LogP contribution in [-0.4, -0.2) is 30.0 Å². The van der Waals surface area contributed by atoms with E-state index in [1.807, 2.05) is 6.07 Å². The van der Waals surface area contributed by atoms with Crippen molar-refractivity contribution in [3.63, 3.8) is 0 Å². The number of nitriles is 1. The lowest BCUT2D eigenvalue weighted by Crippen LogP contribution is -2.40. The second-order valence-corrected chi connectivity index (χ2v) is 5.91. The smallest absolute Gasteiger partial charge is 0.267 e. The first-order valence-corrected chi connectivity index (χ1v) is 7.90. The molecule has 1 aliphatic rings. The minimum Gasteiger partial charge on any atom is -0.497 e. The van der Waals surface area contributed by atoms with Crippen LogP contribution in [-0.2, 0) is 4.79 Å². The Labute approximate surface area is 137 Å². The Hall–Kier alpha value is -2.48. The van der Waals surface area contributed by atoms with Crippen molar-refractivity contribution in [3.05, 3.63) is 36.0 Å². The largest absolute Gasteiger partial charge is 0.497 e. The van der Waals surface area contributed by atoms with E-state index >= 15 is 0 Å². The molecule has 5 nitrogen and oxygen atoms in total. The first-order valence-electron chi connectivity index (χ1n) is 7.90. The molecule has 1 amide bonds. The summed E-state index contributed by atoms with van der Waals surface area (Å²) in [5.41, 5.74) is 0.762. The molecule has 1 aromatic rings. The normalized spacial score (nSPS) is 21.5. The van der Waals surface area contributed by atoms with Gasteiger partial charge in [0.1, 0.15) is 17.4 Å². The second kappa shape index (κ2) is 7.68. The Bertz CT molecular complexity index is 606. The number of likely N-dealkylation sites (tertiary alicyclic amines) is 1. The number of rotatable bonds is 4. The molecule has 1 fully saturated rings. The van der Waals surface area contributed by atoms with Gasteiger partial charge in [-0.3, -0.25) is 4.79 Å². The number of methoxy groups -OCH3 is 1. The highest BCUT2D eigenvalue weighted by molar-refractivity contribution is 6.06. The summed E-state index contributed by atoms with van der Waals surface area (Å²) in [7, 11) is 1.59. The number of ether oxygens (including phenoxy) is 1. The van der Waals surface area contributed by atoms with Crippen molar-refractivity contribution in [3.8, 4) is 11.8 Å². The third-order valence-electron chi connectivity index (χ3n) is 4.25. The summed E-state index contributed by atoms with van der Waals surface area (Å²) < 4.78 is 5.08. The minimum absolute atomic E-state index is 0.126. The van der Waals surface area contributed by atoms with Crippen LogP contribution in [0, 0.1) is 11.3 Å². The number of nitrogens with zero attached hydrogens (tertiary/aromatic N) is 2. The third kappa shape index (κ3) is 4.26. The molecule has 0 aromatic heterocycles. The predicted octanol–water partition coefficient (Wildman–Crippen LogP) is 3.30. The number of piperidine rings is 1. The van der Waals surface area contributed by atoms with E-state index in [-0.39, 0.29) is 11.5 Å². The van der Waals surface area contributed by atoms with Crippen molar-refractivity contribution >= 4 is 11.6 Å². The molecule has 1 aromatic carbocycles. The Kier molecular flexibility index (Phi) is 5.64. The SMILES string of the molecule is COc1ccc(NC(=O)/C(C#N)=C\N2C(C)CCCC2C)cc1. The third-order valence-corrected chi connectivity index (χ3v) is 4.25. The van der Waals surface area contributed by atoms with Gasteiger partial charge in [-0.2, -0.15) is 5.26 Å². The van der Waals surface area contributed by atoms with Crippen molar-refractivity contribution in [2.24, 2.45) is 0 Å². The highest BCUT2D eigenvalue weighted by Crippen LogP contribution is 2.24. The van der Waals surface area contributed by atoms with Crippen molar-refractivity contribution < 1.29 is 9.53 Å². The fourth-order valence-corrected chi connectivity index (χ4v) is 2.86. The topological polar surface area (TPSA) is 65.4 Å². The number of amides is 1. The van der Waals surface area contributed by atoms with Crippen LogP contribution in [0.4, 0.5) is 5.69 Å². The van der Waals surface area contributed by atoms with Gasteiger partial charge in [0.15, 0.2) is 0 Å². The Morgan fingerprint density at radius 1 is 1.30 bits per heavy atom. The van der Waals surface area contributed by atoms with Crippen LogP contribution in [0.5, 0.6) is 5.75 Å². The maximum atomic E-state index is 12.3. The quantitative estimate of drug-likeness (QED) is 0.684. The number of benzene rings is 1. The number of anilines is 1. The van der Waals surface area contributed by atoms with Crippen LogP contribution in [0.25, 0.3) is 0 Å². The highest BCUT2D eigenvalue weighted by Gasteiger charge is 2.23. The minimum atomic E-state index is -0.386. The molecule has 0 bridgehead atoms. The van der Waals surface area contributed by atoms with Gasteiger partial charge in [0.2, 0.25) is 0 Å². The second-order valence-electron chi connectivity index (χ2n) is 5.91. The van der Waals surface area contributed by atoms with Gasteiger partial charge in [-0.25, -0.2) is 0 Å². The summed E-state index contributed by atoms with van der Waals surface area (Å²) in [6.45, 7) is 4.26. The standard InChI is InChI=1S/C18H23N3O2/c1-13-5-4-6-14(2)21(13)12-15(11-19)18(22)20-16-7-9-17(23-3)10-8-16/h7-10,12-14H,4-6H2,1-3H3,(H,20,22)/b15-12-. The Morgan fingerprint density at radius 3 is 2.43 bits per heavy atom. The van der Waals surface area contributed by atoms with Crippen LogP contribution in [0.3, 0.4) is 0 Å². The van der Waals surface area contributed by atoms with Gasteiger partial charge in [-0.15, -0.1) is 0 Å². The van der Waals surface area contributed by atoms with E-state index in [2.05, 4.69) is 24.1 Å². The molecular formula is C18H23N3O2. The number of hydrogen-bond donors (Lipinski definition) is 1. The number of carbonyl (C=O) groups is 1.